The van der Waals surface area contributed by atoms with Crippen LogP contribution in [0.5, 0.6) is 0 Å². The molecule has 0 radical (unpaired) electrons. The van der Waals surface area contributed by atoms with Gasteiger partial charge < -0.3 is 14.7 Å². The summed E-state index contributed by atoms with van der Waals surface area (Å²) in [6, 6.07) is 0. The smallest absolute Gasteiger partial charge is 0.227 e. The first-order valence-corrected chi connectivity index (χ1v) is 8.62. The quantitative estimate of drug-likeness (QED) is 0.923. The lowest BCUT2D eigenvalue weighted by atomic mass is 9.78. The highest BCUT2D eigenvalue weighted by molar-refractivity contribution is 5.79. The Morgan fingerprint density at radius 3 is 2.64 bits per heavy atom. The summed E-state index contributed by atoms with van der Waals surface area (Å²) < 4.78 is 5.37. The second-order valence-corrected chi connectivity index (χ2v) is 6.72. The first-order valence-electron chi connectivity index (χ1n) is 8.62. The molecule has 0 atom stereocenters. The topological polar surface area (TPSA) is 58.4 Å². The number of rotatable bonds is 4. The summed E-state index contributed by atoms with van der Waals surface area (Å²) in [6.45, 7) is 8.16. The van der Waals surface area contributed by atoms with Crippen LogP contribution in [0.4, 0.5) is 0 Å². The zero-order valence-electron chi connectivity index (χ0n) is 13.8. The van der Waals surface area contributed by atoms with Gasteiger partial charge in [0, 0.05) is 31.6 Å². The summed E-state index contributed by atoms with van der Waals surface area (Å²) >= 11 is 0. The zero-order valence-corrected chi connectivity index (χ0v) is 13.8. The third-order valence-corrected chi connectivity index (χ3v) is 5.44. The third-order valence-electron chi connectivity index (χ3n) is 5.44. The van der Waals surface area contributed by atoms with Gasteiger partial charge >= 0.3 is 0 Å². The molecule has 1 amide bonds. The number of nitrogens with zero attached hydrogens (tertiary/aromatic N) is 2. The number of carbonyl (C=O) groups is 1. The zero-order chi connectivity index (χ0) is 15.6. The molecule has 2 aliphatic heterocycles. The van der Waals surface area contributed by atoms with Gasteiger partial charge in [0.05, 0.1) is 12.1 Å². The van der Waals surface area contributed by atoms with E-state index in [0.29, 0.717) is 11.8 Å². The largest absolute Gasteiger partial charge is 0.361 e. The highest BCUT2D eigenvalue weighted by atomic mass is 16.5. The SMILES string of the molecule is CCc1noc(CC)c1CC(=O)N1CCC2(CCNC2)CC1. The van der Waals surface area contributed by atoms with E-state index in [1.165, 1.54) is 6.42 Å². The number of aryl methyl sites for hydroxylation is 2. The summed E-state index contributed by atoms with van der Waals surface area (Å²) in [6.07, 6.45) is 5.60. The number of hydrogen-bond donors (Lipinski definition) is 1. The van der Waals surface area contributed by atoms with E-state index in [4.69, 9.17) is 4.52 Å². The van der Waals surface area contributed by atoms with Crippen LogP contribution in [0.25, 0.3) is 0 Å². The normalized spacial score (nSPS) is 20.7. The lowest BCUT2D eigenvalue weighted by Crippen LogP contribution is -2.44. The van der Waals surface area contributed by atoms with Crippen LogP contribution >= 0.6 is 0 Å². The van der Waals surface area contributed by atoms with Crippen LogP contribution < -0.4 is 5.32 Å². The second kappa shape index (κ2) is 6.41. The summed E-state index contributed by atoms with van der Waals surface area (Å²) in [5, 5.41) is 7.58. The Bertz CT molecular complexity index is 501. The van der Waals surface area contributed by atoms with E-state index in [-0.39, 0.29) is 5.91 Å². The fraction of sp³-hybridized carbons (Fsp3) is 0.765. The van der Waals surface area contributed by atoms with Crippen molar-refractivity contribution in [1.29, 1.82) is 0 Å². The van der Waals surface area contributed by atoms with Gasteiger partial charge in [-0.15, -0.1) is 0 Å². The van der Waals surface area contributed by atoms with Gasteiger partial charge in [-0.25, -0.2) is 0 Å². The van der Waals surface area contributed by atoms with Crippen LogP contribution in [0.15, 0.2) is 4.52 Å². The van der Waals surface area contributed by atoms with Gasteiger partial charge in [-0.05, 0) is 37.6 Å². The number of nitrogens with one attached hydrogen (secondary N) is 1. The van der Waals surface area contributed by atoms with Gasteiger partial charge in [-0.2, -0.15) is 0 Å². The Morgan fingerprint density at radius 2 is 2.05 bits per heavy atom. The lowest BCUT2D eigenvalue weighted by Gasteiger charge is -2.39. The van der Waals surface area contributed by atoms with Gasteiger partial charge in [0.2, 0.25) is 5.91 Å². The first kappa shape index (κ1) is 15.5. The van der Waals surface area contributed by atoms with E-state index >= 15 is 0 Å². The van der Waals surface area contributed by atoms with Crippen molar-refractivity contribution in [3.8, 4) is 0 Å². The van der Waals surface area contributed by atoms with Crippen molar-refractivity contribution in [1.82, 2.24) is 15.4 Å². The predicted octanol–water partition coefficient (Wildman–Crippen LogP) is 1.94. The van der Waals surface area contributed by atoms with Crippen molar-refractivity contribution in [3.05, 3.63) is 17.0 Å². The lowest BCUT2D eigenvalue weighted by molar-refractivity contribution is -0.132. The Labute approximate surface area is 132 Å². The molecule has 2 fully saturated rings. The minimum absolute atomic E-state index is 0.230. The van der Waals surface area contributed by atoms with E-state index < -0.39 is 0 Å². The Balaban J connectivity index is 1.62. The molecule has 0 unspecified atom stereocenters. The molecule has 2 aliphatic rings. The van der Waals surface area contributed by atoms with E-state index in [0.717, 1.165) is 68.9 Å². The molecule has 5 nitrogen and oxygen atoms in total. The van der Waals surface area contributed by atoms with Crippen LogP contribution in [0.2, 0.25) is 0 Å². The molecule has 3 heterocycles. The van der Waals surface area contributed by atoms with Crippen LogP contribution in [0.1, 0.15) is 50.1 Å². The molecule has 5 heteroatoms. The molecule has 1 aromatic heterocycles. The van der Waals surface area contributed by atoms with Crippen molar-refractivity contribution in [3.63, 3.8) is 0 Å². The van der Waals surface area contributed by atoms with Crippen molar-refractivity contribution in [2.45, 2.75) is 52.4 Å². The van der Waals surface area contributed by atoms with Crippen LogP contribution in [-0.4, -0.2) is 42.1 Å². The van der Waals surface area contributed by atoms with Crippen molar-refractivity contribution in [2.75, 3.05) is 26.2 Å². The van der Waals surface area contributed by atoms with Gasteiger partial charge in [0.1, 0.15) is 5.76 Å². The molecule has 0 aromatic carbocycles. The molecule has 1 N–H and O–H groups in total. The molecular formula is C17H27N3O2. The van der Waals surface area contributed by atoms with Gasteiger partial charge in [-0.1, -0.05) is 19.0 Å². The van der Waals surface area contributed by atoms with E-state index in [1.54, 1.807) is 0 Å². The Hall–Kier alpha value is -1.36. The molecule has 1 aromatic rings. The van der Waals surface area contributed by atoms with Crippen LogP contribution in [0.3, 0.4) is 0 Å². The van der Waals surface area contributed by atoms with E-state index in [1.807, 2.05) is 11.8 Å². The second-order valence-electron chi connectivity index (χ2n) is 6.72. The highest BCUT2D eigenvalue weighted by Crippen LogP contribution is 2.37. The summed E-state index contributed by atoms with van der Waals surface area (Å²) in [7, 11) is 0. The summed E-state index contributed by atoms with van der Waals surface area (Å²) in [5.41, 5.74) is 2.42. The Morgan fingerprint density at radius 1 is 1.27 bits per heavy atom. The Kier molecular flexibility index (Phi) is 4.52. The summed E-state index contributed by atoms with van der Waals surface area (Å²) in [5.74, 6) is 1.10. The fourth-order valence-corrected chi connectivity index (χ4v) is 3.85. The number of hydrogen-bond acceptors (Lipinski definition) is 4. The third kappa shape index (κ3) is 2.91. The fourth-order valence-electron chi connectivity index (χ4n) is 3.85. The van der Waals surface area contributed by atoms with E-state index in [2.05, 4.69) is 17.4 Å². The molecule has 1 spiro atoms. The summed E-state index contributed by atoms with van der Waals surface area (Å²) in [4.78, 5) is 14.7. The average Bonchev–Trinajstić information content (AvgIpc) is 3.15. The van der Waals surface area contributed by atoms with Crippen molar-refractivity contribution in [2.24, 2.45) is 5.41 Å². The number of amides is 1. The molecule has 0 aliphatic carbocycles. The predicted molar refractivity (Wildman–Crippen MR) is 84.7 cm³/mol. The van der Waals surface area contributed by atoms with Crippen molar-refractivity contribution < 1.29 is 9.32 Å². The molecular weight excluding hydrogens is 278 g/mol. The average molecular weight is 305 g/mol. The molecule has 2 saturated heterocycles. The van der Waals surface area contributed by atoms with Crippen molar-refractivity contribution >= 4 is 5.91 Å². The number of likely N-dealkylation sites (tertiary alicyclic amines) is 1. The maximum Gasteiger partial charge on any atom is 0.227 e. The minimum Gasteiger partial charge on any atom is -0.361 e. The van der Waals surface area contributed by atoms with E-state index in [9.17, 15) is 4.79 Å². The molecule has 22 heavy (non-hydrogen) atoms. The molecule has 3 rings (SSSR count). The highest BCUT2D eigenvalue weighted by Gasteiger charge is 2.38. The molecule has 122 valence electrons. The first-order chi connectivity index (χ1) is 10.7. The maximum absolute atomic E-state index is 12.6. The minimum atomic E-state index is 0.230. The monoisotopic (exact) mass is 305 g/mol. The number of aromatic nitrogens is 1. The van der Waals surface area contributed by atoms with Crippen LogP contribution in [0, 0.1) is 5.41 Å². The molecule has 0 saturated carbocycles. The standard InChI is InChI=1S/C17H27N3O2/c1-3-14-13(15(4-2)22-19-14)11-16(21)20-9-6-17(7-10-20)5-8-18-12-17/h18H,3-12H2,1-2H3. The number of piperidine rings is 1. The van der Waals surface area contributed by atoms with Gasteiger partial charge in [0.15, 0.2) is 0 Å². The maximum atomic E-state index is 12.6. The van der Waals surface area contributed by atoms with Gasteiger partial charge in [-0.3, -0.25) is 4.79 Å². The van der Waals surface area contributed by atoms with Gasteiger partial charge in [0.25, 0.3) is 0 Å². The van der Waals surface area contributed by atoms with Crippen LogP contribution in [-0.2, 0) is 24.1 Å². The molecule has 0 bridgehead atoms. The number of carbonyl (C=O) groups excluding carboxylic acids is 1.